The van der Waals surface area contributed by atoms with Gasteiger partial charge in [-0.2, -0.15) is 0 Å². The van der Waals surface area contributed by atoms with Crippen molar-refractivity contribution in [3.05, 3.63) is 29.3 Å². The van der Waals surface area contributed by atoms with Crippen molar-refractivity contribution >= 4 is 11.5 Å². The first-order valence-corrected chi connectivity index (χ1v) is 6.59. The summed E-state index contributed by atoms with van der Waals surface area (Å²) in [5.41, 5.74) is 8.39. The highest BCUT2D eigenvalue weighted by Crippen LogP contribution is 2.28. The van der Waals surface area contributed by atoms with Gasteiger partial charge in [0, 0.05) is 17.2 Å². The van der Waals surface area contributed by atoms with E-state index < -0.39 is 0 Å². The van der Waals surface area contributed by atoms with Gasteiger partial charge in [0.25, 0.3) is 0 Å². The molecule has 1 aromatic carbocycles. The maximum atomic E-state index is 12.4. The van der Waals surface area contributed by atoms with Gasteiger partial charge in [-0.3, -0.25) is 4.79 Å². The molecular weight excluding hydrogens is 210 g/mol. The van der Waals surface area contributed by atoms with Crippen molar-refractivity contribution in [2.24, 2.45) is 5.92 Å². The molecule has 0 atom stereocenters. The van der Waals surface area contributed by atoms with Crippen LogP contribution in [-0.4, -0.2) is 5.78 Å². The van der Waals surface area contributed by atoms with Crippen molar-refractivity contribution in [1.82, 2.24) is 0 Å². The first-order valence-electron chi connectivity index (χ1n) is 6.59. The number of nitrogens with two attached hydrogens (primary N) is 1. The third-order valence-corrected chi connectivity index (χ3v) is 3.70. The van der Waals surface area contributed by atoms with E-state index in [1.54, 1.807) is 0 Å². The van der Waals surface area contributed by atoms with Crippen LogP contribution in [0, 0.1) is 12.8 Å². The molecule has 2 nitrogen and oxygen atoms in total. The number of carbonyl (C=O) groups is 1. The maximum Gasteiger partial charge on any atom is 0.168 e. The zero-order valence-corrected chi connectivity index (χ0v) is 10.5. The number of carbonyl (C=O) groups excluding carboxylic acids is 1. The van der Waals surface area contributed by atoms with Crippen molar-refractivity contribution in [2.45, 2.75) is 45.4 Å². The molecular formula is C15H21NO. The van der Waals surface area contributed by atoms with Gasteiger partial charge in [-0.05, 0) is 31.9 Å². The number of benzene rings is 1. The van der Waals surface area contributed by atoms with Gasteiger partial charge in [0.15, 0.2) is 5.78 Å². The quantitative estimate of drug-likeness (QED) is 0.479. The molecule has 1 aromatic rings. The van der Waals surface area contributed by atoms with Crippen LogP contribution in [0.1, 0.15) is 54.4 Å². The van der Waals surface area contributed by atoms with Crippen LogP contribution < -0.4 is 5.73 Å². The molecule has 0 saturated heterocycles. The van der Waals surface area contributed by atoms with Gasteiger partial charge in [-0.1, -0.05) is 37.3 Å². The number of aryl methyl sites for hydroxylation is 1. The first-order chi connectivity index (χ1) is 8.18. The Labute approximate surface area is 103 Å². The normalized spacial score (nSPS) is 17.7. The molecule has 1 fully saturated rings. The van der Waals surface area contributed by atoms with Gasteiger partial charge >= 0.3 is 0 Å². The van der Waals surface area contributed by atoms with Crippen LogP contribution in [0.3, 0.4) is 0 Å². The van der Waals surface area contributed by atoms with E-state index in [-0.39, 0.29) is 11.7 Å². The average molecular weight is 231 g/mol. The fraction of sp³-hybridized carbons (Fsp3) is 0.533. The van der Waals surface area contributed by atoms with Crippen LogP contribution in [-0.2, 0) is 0 Å². The Kier molecular flexibility index (Phi) is 3.82. The summed E-state index contributed by atoms with van der Waals surface area (Å²) in [6.07, 6.45) is 6.98. The molecule has 0 aromatic heterocycles. The highest BCUT2D eigenvalue weighted by molar-refractivity contribution is 6.02. The monoisotopic (exact) mass is 231 g/mol. The Balaban J connectivity index is 2.20. The minimum Gasteiger partial charge on any atom is -0.398 e. The first kappa shape index (κ1) is 12.2. The topological polar surface area (TPSA) is 43.1 Å². The van der Waals surface area contributed by atoms with Crippen molar-refractivity contribution in [3.8, 4) is 0 Å². The van der Waals surface area contributed by atoms with Crippen LogP contribution in [0.15, 0.2) is 18.2 Å². The molecule has 1 aliphatic rings. The molecule has 0 unspecified atom stereocenters. The largest absolute Gasteiger partial charge is 0.398 e. The van der Waals surface area contributed by atoms with Crippen LogP contribution >= 0.6 is 0 Å². The summed E-state index contributed by atoms with van der Waals surface area (Å²) in [6.45, 7) is 2.00. The number of nitrogen functional groups attached to an aromatic ring is 1. The number of hydrogen-bond donors (Lipinski definition) is 1. The Morgan fingerprint density at radius 2 is 1.82 bits per heavy atom. The van der Waals surface area contributed by atoms with Gasteiger partial charge in [-0.25, -0.2) is 0 Å². The summed E-state index contributed by atoms with van der Waals surface area (Å²) in [6, 6.07) is 5.74. The molecule has 17 heavy (non-hydrogen) atoms. The second-order valence-electron chi connectivity index (χ2n) is 5.14. The lowest BCUT2D eigenvalue weighted by molar-refractivity contribution is 0.0908. The Morgan fingerprint density at radius 3 is 2.47 bits per heavy atom. The molecule has 0 bridgehead atoms. The summed E-state index contributed by atoms with van der Waals surface area (Å²) < 4.78 is 0. The summed E-state index contributed by atoms with van der Waals surface area (Å²) >= 11 is 0. The van der Waals surface area contributed by atoms with E-state index in [1.807, 2.05) is 25.1 Å². The van der Waals surface area contributed by atoms with Crippen LogP contribution in [0.25, 0.3) is 0 Å². The minimum atomic E-state index is 0.196. The van der Waals surface area contributed by atoms with Crippen molar-refractivity contribution < 1.29 is 4.79 Å². The molecule has 0 radical (unpaired) electrons. The van der Waals surface area contributed by atoms with E-state index in [1.165, 1.54) is 25.7 Å². The molecule has 0 amide bonds. The number of rotatable bonds is 2. The summed E-state index contributed by atoms with van der Waals surface area (Å²) in [5.74, 6) is 0.453. The summed E-state index contributed by atoms with van der Waals surface area (Å²) in [7, 11) is 0. The van der Waals surface area contributed by atoms with E-state index in [4.69, 9.17) is 5.73 Å². The highest BCUT2D eigenvalue weighted by Gasteiger charge is 2.22. The minimum absolute atomic E-state index is 0.196. The number of ketones is 1. The molecule has 2 rings (SSSR count). The van der Waals surface area contributed by atoms with E-state index in [9.17, 15) is 4.79 Å². The van der Waals surface area contributed by atoms with Gasteiger partial charge in [0.05, 0.1) is 0 Å². The van der Waals surface area contributed by atoms with Gasteiger partial charge in [0.2, 0.25) is 0 Å². The molecule has 0 heterocycles. The average Bonchev–Trinajstić information content (AvgIpc) is 2.60. The second-order valence-corrected chi connectivity index (χ2v) is 5.14. The lowest BCUT2D eigenvalue weighted by atomic mass is 9.90. The zero-order chi connectivity index (χ0) is 12.3. The molecule has 2 heteroatoms. The Bertz CT molecular complexity index is 403. The SMILES string of the molecule is Cc1ccc(N)c(C(=O)C2CCCCCC2)c1. The van der Waals surface area contributed by atoms with Crippen molar-refractivity contribution in [2.75, 3.05) is 5.73 Å². The molecule has 1 aliphatic carbocycles. The Hall–Kier alpha value is -1.31. The third kappa shape index (κ3) is 2.87. The number of Topliss-reactive ketones (excluding diaryl/α,β-unsaturated/α-hetero) is 1. The van der Waals surface area contributed by atoms with Gasteiger partial charge < -0.3 is 5.73 Å². The van der Waals surface area contributed by atoms with Crippen LogP contribution in [0.5, 0.6) is 0 Å². The maximum absolute atomic E-state index is 12.4. The Morgan fingerprint density at radius 1 is 1.18 bits per heavy atom. The van der Waals surface area contributed by atoms with Gasteiger partial charge in [0.1, 0.15) is 0 Å². The lowest BCUT2D eigenvalue weighted by Crippen LogP contribution is -2.16. The standard InChI is InChI=1S/C15H21NO/c1-11-8-9-14(16)13(10-11)15(17)12-6-4-2-3-5-7-12/h8-10,12H,2-7,16H2,1H3. The molecule has 1 saturated carbocycles. The molecule has 92 valence electrons. The third-order valence-electron chi connectivity index (χ3n) is 3.70. The predicted octanol–water partition coefficient (Wildman–Crippen LogP) is 3.73. The van der Waals surface area contributed by atoms with E-state index in [0.29, 0.717) is 5.69 Å². The smallest absolute Gasteiger partial charge is 0.168 e. The van der Waals surface area contributed by atoms with E-state index in [2.05, 4.69) is 0 Å². The van der Waals surface area contributed by atoms with Gasteiger partial charge in [-0.15, -0.1) is 0 Å². The van der Waals surface area contributed by atoms with Crippen LogP contribution in [0.2, 0.25) is 0 Å². The fourth-order valence-electron chi connectivity index (χ4n) is 2.64. The summed E-state index contributed by atoms with van der Waals surface area (Å²) in [5, 5.41) is 0. The lowest BCUT2D eigenvalue weighted by Gasteiger charge is -2.14. The van der Waals surface area contributed by atoms with Crippen LogP contribution in [0.4, 0.5) is 5.69 Å². The van der Waals surface area contributed by atoms with Crippen molar-refractivity contribution in [1.29, 1.82) is 0 Å². The fourth-order valence-corrected chi connectivity index (χ4v) is 2.64. The van der Waals surface area contributed by atoms with E-state index >= 15 is 0 Å². The zero-order valence-electron chi connectivity index (χ0n) is 10.5. The highest BCUT2D eigenvalue weighted by atomic mass is 16.1. The molecule has 2 N–H and O–H groups in total. The van der Waals surface area contributed by atoms with E-state index in [0.717, 1.165) is 24.0 Å². The van der Waals surface area contributed by atoms with Crippen molar-refractivity contribution in [3.63, 3.8) is 0 Å². The number of hydrogen-bond acceptors (Lipinski definition) is 2. The molecule has 0 aliphatic heterocycles. The molecule has 0 spiro atoms. The predicted molar refractivity (Wildman–Crippen MR) is 71.1 cm³/mol. The summed E-state index contributed by atoms with van der Waals surface area (Å²) in [4.78, 5) is 12.4. The second kappa shape index (κ2) is 5.35. The number of anilines is 1.